The zero-order valence-electron chi connectivity index (χ0n) is 11.9. The third-order valence-corrected chi connectivity index (χ3v) is 3.15. The van der Waals surface area contributed by atoms with Gasteiger partial charge in [0.2, 0.25) is 0 Å². The monoisotopic (exact) mass is 295 g/mol. The molecule has 2 aromatic rings. The van der Waals surface area contributed by atoms with Gasteiger partial charge in [0.05, 0.1) is 12.5 Å². The van der Waals surface area contributed by atoms with Crippen LogP contribution in [0.1, 0.15) is 30.5 Å². The Labute approximate surface area is 122 Å². The number of ether oxygens (including phenoxy) is 1. The number of benzene rings is 1. The normalized spacial score (nSPS) is 12.6. The molecule has 3 nitrogen and oxygen atoms in total. The van der Waals surface area contributed by atoms with Crippen LogP contribution in [0.15, 0.2) is 47.3 Å². The minimum absolute atomic E-state index is 0.0313. The lowest BCUT2D eigenvalue weighted by Crippen LogP contribution is -2.24. The molecule has 0 bridgehead atoms. The topological polar surface area (TPSA) is 34.4 Å². The standard InChI is InChI=1S/C16H19F2NO2/c1-2-7-19-15(9-12-6-8-20-11-12)13-4-3-5-14(10-13)21-16(17)18/h3-6,8,10-11,15-16,19H,2,7,9H2,1H3. The molecule has 0 saturated carbocycles. The Morgan fingerprint density at radius 3 is 2.81 bits per heavy atom. The summed E-state index contributed by atoms with van der Waals surface area (Å²) in [5, 5.41) is 3.42. The molecule has 1 heterocycles. The number of hydrogen-bond donors (Lipinski definition) is 1. The molecule has 1 atom stereocenters. The molecule has 0 amide bonds. The van der Waals surface area contributed by atoms with Crippen molar-refractivity contribution in [1.82, 2.24) is 5.32 Å². The highest BCUT2D eigenvalue weighted by Crippen LogP contribution is 2.24. The van der Waals surface area contributed by atoms with Crippen molar-refractivity contribution < 1.29 is 17.9 Å². The van der Waals surface area contributed by atoms with Gasteiger partial charge in [0.25, 0.3) is 0 Å². The quantitative estimate of drug-likeness (QED) is 0.794. The summed E-state index contributed by atoms with van der Waals surface area (Å²) in [7, 11) is 0. The van der Waals surface area contributed by atoms with Gasteiger partial charge >= 0.3 is 6.61 Å². The van der Waals surface area contributed by atoms with Gasteiger partial charge in [0, 0.05) is 6.04 Å². The number of furan rings is 1. The van der Waals surface area contributed by atoms with Crippen molar-refractivity contribution >= 4 is 0 Å². The van der Waals surface area contributed by atoms with E-state index in [0.29, 0.717) is 0 Å². The molecule has 5 heteroatoms. The van der Waals surface area contributed by atoms with Crippen molar-refractivity contribution in [3.8, 4) is 5.75 Å². The molecular formula is C16H19F2NO2. The Morgan fingerprint density at radius 1 is 1.29 bits per heavy atom. The van der Waals surface area contributed by atoms with Crippen LogP contribution in [0.5, 0.6) is 5.75 Å². The minimum Gasteiger partial charge on any atom is -0.472 e. The van der Waals surface area contributed by atoms with E-state index in [1.165, 1.54) is 6.07 Å². The lowest BCUT2D eigenvalue weighted by molar-refractivity contribution is -0.0499. The second-order valence-corrected chi connectivity index (χ2v) is 4.79. The average molecular weight is 295 g/mol. The molecule has 0 saturated heterocycles. The van der Waals surface area contributed by atoms with Crippen molar-refractivity contribution in [1.29, 1.82) is 0 Å². The van der Waals surface area contributed by atoms with Crippen molar-refractivity contribution in [3.05, 3.63) is 54.0 Å². The summed E-state index contributed by atoms with van der Waals surface area (Å²) in [5.41, 5.74) is 1.98. The maximum atomic E-state index is 12.3. The van der Waals surface area contributed by atoms with Crippen LogP contribution in [-0.4, -0.2) is 13.2 Å². The Balaban J connectivity index is 2.14. The maximum absolute atomic E-state index is 12.3. The molecule has 0 radical (unpaired) electrons. The fourth-order valence-corrected chi connectivity index (χ4v) is 2.18. The van der Waals surface area contributed by atoms with Gasteiger partial charge in [-0.3, -0.25) is 0 Å². The summed E-state index contributed by atoms with van der Waals surface area (Å²) in [6, 6.07) is 8.75. The average Bonchev–Trinajstić information content (AvgIpc) is 2.96. The largest absolute Gasteiger partial charge is 0.472 e. The first-order chi connectivity index (χ1) is 10.2. The third-order valence-electron chi connectivity index (χ3n) is 3.15. The highest BCUT2D eigenvalue weighted by molar-refractivity contribution is 5.31. The summed E-state index contributed by atoms with van der Waals surface area (Å²) in [6.45, 7) is 0.122. The molecule has 2 rings (SSSR count). The molecule has 0 spiro atoms. The van der Waals surface area contributed by atoms with E-state index in [9.17, 15) is 8.78 Å². The molecule has 114 valence electrons. The Kier molecular flexibility index (Phi) is 5.75. The number of rotatable bonds is 8. The summed E-state index contributed by atoms with van der Waals surface area (Å²) in [4.78, 5) is 0. The molecule has 1 aromatic carbocycles. The van der Waals surface area contributed by atoms with Gasteiger partial charge in [-0.25, -0.2) is 0 Å². The molecule has 21 heavy (non-hydrogen) atoms. The van der Waals surface area contributed by atoms with Gasteiger partial charge in [0.15, 0.2) is 0 Å². The van der Waals surface area contributed by atoms with E-state index in [2.05, 4.69) is 17.0 Å². The second kappa shape index (κ2) is 7.78. The van der Waals surface area contributed by atoms with E-state index in [-0.39, 0.29) is 11.8 Å². The second-order valence-electron chi connectivity index (χ2n) is 4.79. The summed E-state index contributed by atoms with van der Waals surface area (Å²) < 4.78 is 34.2. The van der Waals surface area contributed by atoms with Crippen LogP contribution in [0.4, 0.5) is 8.78 Å². The summed E-state index contributed by atoms with van der Waals surface area (Å²) in [5.74, 6) is 0.179. The number of halogens is 2. The van der Waals surface area contributed by atoms with Gasteiger partial charge in [0.1, 0.15) is 5.75 Å². The van der Waals surface area contributed by atoms with Crippen molar-refractivity contribution in [2.24, 2.45) is 0 Å². The van der Waals surface area contributed by atoms with Crippen molar-refractivity contribution in [3.63, 3.8) is 0 Å². The van der Waals surface area contributed by atoms with E-state index in [1.54, 1.807) is 24.7 Å². The molecular weight excluding hydrogens is 276 g/mol. The molecule has 0 fully saturated rings. The molecule has 1 aromatic heterocycles. The summed E-state index contributed by atoms with van der Waals surface area (Å²) in [6.07, 6.45) is 5.05. The van der Waals surface area contributed by atoms with Crippen LogP contribution < -0.4 is 10.1 Å². The van der Waals surface area contributed by atoms with Gasteiger partial charge in [-0.2, -0.15) is 8.78 Å². The van der Waals surface area contributed by atoms with Gasteiger partial charge in [-0.1, -0.05) is 19.1 Å². The first-order valence-corrected chi connectivity index (χ1v) is 6.98. The van der Waals surface area contributed by atoms with Gasteiger partial charge in [-0.05, 0) is 48.7 Å². The molecule has 0 aliphatic rings. The van der Waals surface area contributed by atoms with E-state index in [4.69, 9.17) is 4.42 Å². The number of alkyl halides is 2. The van der Waals surface area contributed by atoms with E-state index in [1.807, 2.05) is 12.1 Å². The molecule has 0 aliphatic heterocycles. The van der Waals surface area contributed by atoms with Crippen LogP contribution in [0.2, 0.25) is 0 Å². The lowest BCUT2D eigenvalue weighted by Gasteiger charge is -2.19. The molecule has 1 unspecified atom stereocenters. The lowest BCUT2D eigenvalue weighted by atomic mass is 10.00. The highest BCUT2D eigenvalue weighted by Gasteiger charge is 2.14. The third kappa shape index (κ3) is 4.86. The Bertz CT molecular complexity index is 529. The van der Waals surface area contributed by atoms with E-state index >= 15 is 0 Å². The minimum atomic E-state index is -2.81. The predicted molar refractivity (Wildman–Crippen MR) is 76.5 cm³/mol. The van der Waals surface area contributed by atoms with Crippen LogP contribution in [0.3, 0.4) is 0 Å². The van der Waals surface area contributed by atoms with Gasteiger partial charge < -0.3 is 14.5 Å². The maximum Gasteiger partial charge on any atom is 0.387 e. The molecule has 1 N–H and O–H groups in total. The fourth-order valence-electron chi connectivity index (χ4n) is 2.18. The first kappa shape index (κ1) is 15.5. The van der Waals surface area contributed by atoms with Crippen LogP contribution in [-0.2, 0) is 6.42 Å². The Morgan fingerprint density at radius 2 is 2.14 bits per heavy atom. The Hall–Kier alpha value is -1.88. The zero-order chi connectivity index (χ0) is 15.1. The summed E-state index contributed by atoms with van der Waals surface area (Å²) >= 11 is 0. The predicted octanol–water partition coefficient (Wildman–Crippen LogP) is 4.16. The van der Waals surface area contributed by atoms with Crippen LogP contribution in [0, 0.1) is 0 Å². The highest BCUT2D eigenvalue weighted by atomic mass is 19.3. The number of nitrogens with one attached hydrogen (secondary N) is 1. The van der Waals surface area contributed by atoms with Crippen LogP contribution in [0.25, 0.3) is 0 Å². The number of hydrogen-bond acceptors (Lipinski definition) is 3. The SMILES string of the molecule is CCCNC(Cc1ccoc1)c1cccc(OC(F)F)c1. The van der Waals surface area contributed by atoms with Crippen molar-refractivity contribution in [2.75, 3.05) is 6.54 Å². The fraction of sp³-hybridized carbons (Fsp3) is 0.375. The van der Waals surface area contributed by atoms with Gasteiger partial charge in [-0.15, -0.1) is 0 Å². The smallest absolute Gasteiger partial charge is 0.387 e. The van der Waals surface area contributed by atoms with E-state index in [0.717, 1.165) is 30.5 Å². The first-order valence-electron chi connectivity index (χ1n) is 6.98. The molecule has 0 aliphatic carbocycles. The van der Waals surface area contributed by atoms with Crippen LogP contribution >= 0.6 is 0 Å². The zero-order valence-corrected chi connectivity index (χ0v) is 11.9. The van der Waals surface area contributed by atoms with E-state index < -0.39 is 6.61 Å². The van der Waals surface area contributed by atoms with Crippen molar-refractivity contribution in [2.45, 2.75) is 32.4 Å².